The molecule has 2 fully saturated rings. The lowest BCUT2D eigenvalue weighted by Gasteiger charge is -2.45. The quantitative estimate of drug-likeness (QED) is 0.614. The van der Waals surface area contributed by atoms with Crippen LogP contribution in [0, 0.1) is 27.4 Å². The summed E-state index contributed by atoms with van der Waals surface area (Å²) in [5.74, 6) is 0.717. The van der Waals surface area contributed by atoms with Crippen molar-refractivity contribution in [2.45, 2.75) is 44.6 Å². The number of nitro benzene ring substituents is 1. The highest BCUT2D eigenvalue weighted by atomic mass is 16.6. The van der Waals surface area contributed by atoms with Gasteiger partial charge in [-0.05, 0) is 37.7 Å². The molecule has 0 radical (unpaired) electrons. The number of benzene rings is 1. The number of nitro groups is 1. The molecule has 1 aliphatic carbocycles. The van der Waals surface area contributed by atoms with Crippen LogP contribution in [0.4, 0.5) is 11.4 Å². The minimum absolute atomic E-state index is 0.00694. The number of rotatable bonds is 2. The number of fused-ring (bicyclic) bond motifs is 1. The number of hydrogen-bond acceptors (Lipinski definition) is 4. The Hall–Kier alpha value is -2.09. The molecule has 0 spiro atoms. The maximum absolute atomic E-state index is 10.9. The second kappa shape index (κ2) is 5.72. The predicted molar refractivity (Wildman–Crippen MR) is 80.1 cm³/mol. The summed E-state index contributed by atoms with van der Waals surface area (Å²) in [6.07, 6.45) is 7.41. The first-order chi connectivity index (χ1) is 10.2. The molecule has 1 saturated carbocycles. The molecule has 5 nitrogen and oxygen atoms in total. The smallest absolute Gasteiger partial charge is 0.270 e. The Morgan fingerprint density at radius 3 is 2.76 bits per heavy atom. The highest BCUT2D eigenvalue weighted by Crippen LogP contribution is 2.39. The van der Waals surface area contributed by atoms with Gasteiger partial charge in [0.2, 0.25) is 0 Å². The van der Waals surface area contributed by atoms with Crippen LogP contribution in [0.5, 0.6) is 0 Å². The third-order valence-electron chi connectivity index (χ3n) is 4.86. The normalized spacial score (nSPS) is 25.0. The van der Waals surface area contributed by atoms with Gasteiger partial charge in [0.15, 0.2) is 0 Å². The van der Waals surface area contributed by atoms with Crippen LogP contribution in [0.3, 0.4) is 0 Å². The predicted octanol–water partition coefficient (Wildman–Crippen LogP) is 3.63. The first kappa shape index (κ1) is 13.9. The number of hydrogen-bond donors (Lipinski definition) is 0. The third kappa shape index (κ3) is 2.58. The molecule has 1 aliphatic heterocycles. The van der Waals surface area contributed by atoms with E-state index < -0.39 is 4.92 Å². The van der Waals surface area contributed by atoms with E-state index in [1.54, 1.807) is 6.07 Å². The molecule has 110 valence electrons. The van der Waals surface area contributed by atoms with Crippen molar-refractivity contribution in [1.82, 2.24) is 0 Å². The van der Waals surface area contributed by atoms with Crippen LogP contribution in [0.1, 0.15) is 44.1 Å². The lowest BCUT2D eigenvalue weighted by molar-refractivity contribution is -0.384. The summed E-state index contributed by atoms with van der Waals surface area (Å²) >= 11 is 0. The van der Waals surface area contributed by atoms with Crippen LogP contribution in [0.2, 0.25) is 0 Å². The van der Waals surface area contributed by atoms with Gasteiger partial charge in [0.25, 0.3) is 5.69 Å². The largest absolute Gasteiger partial charge is 0.367 e. The topological polar surface area (TPSA) is 70.2 Å². The SMILES string of the molecule is N#Cc1cc([N+](=O)[O-])ccc1N1CCC[C@H]2CCCC[C@H]21. The molecular formula is C16H19N3O2. The Labute approximate surface area is 124 Å². The average molecular weight is 285 g/mol. The summed E-state index contributed by atoms with van der Waals surface area (Å²) < 4.78 is 0. The zero-order chi connectivity index (χ0) is 14.8. The minimum atomic E-state index is -0.440. The van der Waals surface area contributed by atoms with E-state index in [1.165, 1.54) is 44.2 Å². The summed E-state index contributed by atoms with van der Waals surface area (Å²) in [5, 5.41) is 20.2. The van der Waals surface area contributed by atoms with Gasteiger partial charge < -0.3 is 4.90 Å². The van der Waals surface area contributed by atoms with Crippen LogP contribution in [0.15, 0.2) is 18.2 Å². The fourth-order valence-electron chi connectivity index (χ4n) is 3.90. The molecule has 21 heavy (non-hydrogen) atoms. The van der Waals surface area contributed by atoms with Crippen molar-refractivity contribution in [3.05, 3.63) is 33.9 Å². The van der Waals surface area contributed by atoms with Gasteiger partial charge in [-0.2, -0.15) is 5.26 Å². The molecule has 0 aromatic heterocycles. The van der Waals surface area contributed by atoms with Gasteiger partial charge in [-0.25, -0.2) is 0 Å². The van der Waals surface area contributed by atoms with Crippen LogP contribution in [-0.2, 0) is 0 Å². The second-order valence-corrected chi connectivity index (χ2v) is 6.02. The van der Waals surface area contributed by atoms with Crippen LogP contribution < -0.4 is 4.90 Å². The van der Waals surface area contributed by atoms with E-state index in [-0.39, 0.29) is 5.69 Å². The fourth-order valence-corrected chi connectivity index (χ4v) is 3.90. The molecule has 0 bridgehead atoms. The van der Waals surface area contributed by atoms with Crippen molar-refractivity contribution in [1.29, 1.82) is 5.26 Å². The summed E-state index contributed by atoms with van der Waals surface area (Å²) in [4.78, 5) is 12.8. The molecule has 1 aromatic carbocycles. The molecule has 0 amide bonds. The summed E-state index contributed by atoms with van der Waals surface area (Å²) in [6.45, 7) is 0.952. The number of non-ortho nitro benzene ring substituents is 1. The number of nitriles is 1. The van der Waals surface area contributed by atoms with E-state index in [0.717, 1.165) is 18.7 Å². The number of nitrogens with zero attached hydrogens (tertiary/aromatic N) is 3. The maximum atomic E-state index is 10.9. The lowest BCUT2D eigenvalue weighted by atomic mass is 9.78. The van der Waals surface area contributed by atoms with Crippen molar-refractivity contribution in [3.8, 4) is 6.07 Å². The standard InChI is InChI=1S/C16H19N3O2/c17-11-13-10-14(19(20)21)7-8-16(13)18-9-3-5-12-4-1-2-6-15(12)18/h7-8,10,12,15H,1-6,9H2/t12-,15-/m1/s1. The Morgan fingerprint density at radius 1 is 1.24 bits per heavy atom. The van der Waals surface area contributed by atoms with Crippen LogP contribution >= 0.6 is 0 Å². The molecule has 2 aliphatic rings. The molecule has 5 heteroatoms. The van der Waals surface area contributed by atoms with E-state index in [1.807, 2.05) is 0 Å². The van der Waals surface area contributed by atoms with Gasteiger partial charge in [0, 0.05) is 24.7 Å². The molecule has 1 heterocycles. The first-order valence-electron chi connectivity index (χ1n) is 7.66. The monoisotopic (exact) mass is 285 g/mol. The third-order valence-corrected chi connectivity index (χ3v) is 4.86. The second-order valence-electron chi connectivity index (χ2n) is 6.02. The molecular weight excluding hydrogens is 266 g/mol. The Balaban J connectivity index is 1.95. The van der Waals surface area contributed by atoms with Crippen molar-refractivity contribution in [2.75, 3.05) is 11.4 Å². The lowest BCUT2D eigenvalue weighted by Crippen LogP contribution is -2.47. The van der Waals surface area contributed by atoms with Crippen molar-refractivity contribution in [3.63, 3.8) is 0 Å². The highest BCUT2D eigenvalue weighted by Gasteiger charge is 2.34. The van der Waals surface area contributed by atoms with Crippen LogP contribution in [-0.4, -0.2) is 17.5 Å². The van der Waals surface area contributed by atoms with Gasteiger partial charge >= 0.3 is 0 Å². The van der Waals surface area contributed by atoms with E-state index in [9.17, 15) is 15.4 Å². The molecule has 1 aromatic rings. The molecule has 3 rings (SSSR count). The highest BCUT2D eigenvalue weighted by molar-refractivity contribution is 5.63. The fraction of sp³-hybridized carbons (Fsp3) is 0.562. The summed E-state index contributed by atoms with van der Waals surface area (Å²) in [6, 6.07) is 7.32. The summed E-state index contributed by atoms with van der Waals surface area (Å²) in [7, 11) is 0. The van der Waals surface area contributed by atoms with Crippen molar-refractivity contribution in [2.24, 2.45) is 5.92 Å². The molecule has 2 atom stereocenters. The van der Waals surface area contributed by atoms with Gasteiger partial charge in [0.1, 0.15) is 6.07 Å². The van der Waals surface area contributed by atoms with E-state index in [4.69, 9.17) is 0 Å². The number of piperidine rings is 1. The Bertz CT molecular complexity index is 592. The van der Waals surface area contributed by atoms with Gasteiger partial charge in [0.05, 0.1) is 16.2 Å². The molecule has 0 unspecified atom stereocenters. The molecule has 0 N–H and O–H groups in total. The van der Waals surface area contributed by atoms with Gasteiger partial charge in [-0.3, -0.25) is 10.1 Å². The first-order valence-corrected chi connectivity index (χ1v) is 7.66. The summed E-state index contributed by atoms with van der Waals surface area (Å²) in [5.41, 5.74) is 1.29. The van der Waals surface area contributed by atoms with E-state index in [2.05, 4.69) is 11.0 Å². The minimum Gasteiger partial charge on any atom is -0.367 e. The van der Waals surface area contributed by atoms with E-state index >= 15 is 0 Å². The zero-order valence-electron chi connectivity index (χ0n) is 12.0. The van der Waals surface area contributed by atoms with E-state index in [0.29, 0.717) is 17.5 Å². The Morgan fingerprint density at radius 2 is 2.00 bits per heavy atom. The zero-order valence-corrected chi connectivity index (χ0v) is 12.0. The van der Waals surface area contributed by atoms with Crippen molar-refractivity contribution >= 4 is 11.4 Å². The number of anilines is 1. The van der Waals surface area contributed by atoms with Crippen LogP contribution in [0.25, 0.3) is 0 Å². The molecule has 1 saturated heterocycles. The van der Waals surface area contributed by atoms with Gasteiger partial charge in [-0.15, -0.1) is 0 Å². The Kier molecular flexibility index (Phi) is 3.78. The average Bonchev–Trinajstić information content (AvgIpc) is 2.53. The van der Waals surface area contributed by atoms with Crippen molar-refractivity contribution < 1.29 is 4.92 Å². The maximum Gasteiger partial charge on any atom is 0.270 e. The van der Waals surface area contributed by atoms with Gasteiger partial charge in [-0.1, -0.05) is 12.8 Å².